The molecule has 0 amide bonds. The number of rotatable bonds is 6. The fourth-order valence-corrected chi connectivity index (χ4v) is 2.71. The van der Waals surface area contributed by atoms with Gasteiger partial charge in [-0.3, -0.25) is 4.68 Å². The van der Waals surface area contributed by atoms with Crippen molar-refractivity contribution in [3.05, 3.63) is 36.5 Å². The molecule has 1 aliphatic carbocycles. The van der Waals surface area contributed by atoms with E-state index in [0.717, 1.165) is 43.9 Å². The largest absolute Gasteiger partial charge is 0.360 e. The molecule has 0 radical (unpaired) electrons. The number of hydrogen-bond acceptors (Lipinski definition) is 5. The molecule has 2 aromatic rings. The van der Waals surface area contributed by atoms with Crippen molar-refractivity contribution in [1.82, 2.24) is 19.7 Å². The van der Waals surface area contributed by atoms with Crippen LogP contribution in [0.25, 0.3) is 0 Å². The predicted molar refractivity (Wildman–Crippen MR) is 82.1 cm³/mol. The van der Waals surface area contributed by atoms with Gasteiger partial charge in [0.05, 0.1) is 0 Å². The van der Waals surface area contributed by atoms with Gasteiger partial charge >= 0.3 is 0 Å². The van der Waals surface area contributed by atoms with Crippen LogP contribution in [0.1, 0.15) is 30.9 Å². The van der Waals surface area contributed by atoms with Crippen LogP contribution in [0.2, 0.25) is 0 Å². The summed E-state index contributed by atoms with van der Waals surface area (Å²) in [5, 5.41) is 4.21. The lowest BCUT2D eigenvalue weighted by molar-refractivity contribution is 0.345. The summed E-state index contributed by atoms with van der Waals surface area (Å²) in [5.41, 5.74) is 6.98. The topological polar surface area (TPSA) is 72.9 Å². The van der Waals surface area contributed by atoms with E-state index in [9.17, 15) is 0 Å². The molecule has 2 N–H and O–H groups in total. The van der Waals surface area contributed by atoms with E-state index in [1.54, 1.807) is 6.33 Å². The molecule has 0 aromatic carbocycles. The Morgan fingerprint density at radius 3 is 2.95 bits per heavy atom. The minimum atomic E-state index is 0.347. The summed E-state index contributed by atoms with van der Waals surface area (Å²) >= 11 is 0. The normalized spacial score (nSPS) is 21.0. The molecule has 1 aliphatic rings. The van der Waals surface area contributed by atoms with Crippen molar-refractivity contribution in [2.24, 2.45) is 5.73 Å². The Kier molecular flexibility index (Phi) is 4.15. The Balaban J connectivity index is 1.54. The number of anilines is 1. The van der Waals surface area contributed by atoms with Crippen molar-refractivity contribution >= 4 is 5.82 Å². The lowest BCUT2D eigenvalue weighted by Crippen LogP contribution is -2.35. The smallest absolute Gasteiger partial charge is 0.131 e. The Morgan fingerprint density at radius 1 is 1.38 bits per heavy atom. The first kappa shape index (κ1) is 14.0. The van der Waals surface area contributed by atoms with Gasteiger partial charge in [-0.25, -0.2) is 9.97 Å². The fraction of sp³-hybridized carbons (Fsp3) is 0.533. The molecule has 21 heavy (non-hydrogen) atoms. The van der Waals surface area contributed by atoms with Gasteiger partial charge in [0.1, 0.15) is 12.1 Å². The van der Waals surface area contributed by atoms with Crippen molar-refractivity contribution < 1.29 is 0 Å². The lowest BCUT2D eigenvalue weighted by atomic mass is 9.78. The van der Waals surface area contributed by atoms with E-state index in [-0.39, 0.29) is 0 Å². The average molecular weight is 286 g/mol. The molecule has 0 atom stereocenters. The van der Waals surface area contributed by atoms with E-state index in [0.29, 0.717) is 12.0 Å². The van der Waals surface area contributed by atoms with Gasteiger partial charge in [-0.2, -0.15) is 5.10 Å². The van der Waals surface area contributed by atoms with Crippen molar-refractivity contribution in [1.29, 1.82) is 0 Å². The first-order valence-electron chi connectivity index (χ1n) is 7.48. The molecule has 6 heteroatoms. The molecule has 6 nitrogen and oxygen atoms in total. The second kappa shape index (κ2) is 6.22. The van der Waals surface area contributed by atoms with Gasteiger partial charge in [0, 0.05) is 56.3 Å². The summed E-state index contributed by atoms with van der Waals surface area (Å²) < 4.78 is 1.95. The highest BCUT2D eigenvalue weighted by Gasteiger charge is 2.28. The third kappa shape index (κ3) is 3.39. The molecule has 0 aliphatic heterocycles. The number of aryl methyl sites for hydroxylation is 1. The van der Waals surface area contributed by atoms with Gasteiger partial charge in [-0.1, -0.05) is 0 Å². The van der Waals surface area contributed by atoms with Crippen molar-refractivity contribution in [2.45, 2.75) is 37.8 Å². The van der Waals surface area contributed by atoms with E-state index in [1.807, 2.05) is 23.1 Å². The van der Waals surface area contributed by atoms with Gasteiger partial charge in [-0.15, -0.1) is 0 Å². The number of hydrogen-bond donors (Lipinski definition) is 1. The molecule has 112 valence electrons. The Bertz CT molecular complexity index is 561. The third-order valence-electron chi connectivity index (χ3n) is 4.10. The van der Waals surface area contributed by atoms with Crippen LogP contribution in [0.3, 0.4) is 0 Å². The van der Waals surface area contributed by atoms with E-state index in [4.69, 9.17) is 5.73 Å². The van der Waals surface area contributed by atoms with E-state index in [2.05, 4.69) is 33.1 Å². The Labute approximate surface area is 125 Å². The number of aromatic nitrogens is 4. The minimum Gasteiger partial charge on any atom is -0.360 e. The van der Waals surface area contributed by atoms with Gasteiger partial charge in [0.25, 0.3) is 0 Å². The van der Waals surface area contributed by atoms with Crippen LogP contribution < -0.4 is 10.6 Å². The maximum atomic E-state index is 5.85. The first-order valence-corrected chi connectivity index (χ1v) is 7.48. The zero-order valence-electron chi connectivity index (χ0n) is 12.4. The molecule has 0 bridgehead atoms. The molecular formula is C15H22N6. The molecule has 2 aromatic heterocycles. The van der Waals surface area contributed by atoms with Crippen LogP contribution in [0.5, 0.6) is 0 Å². The molecule has 2 heterocycles. The van der Waals surface area contributed by atoms with Gasteiger partial charge in [0.2, 0.25) is 0 Å². The standard InChI is InChI=1S/C15H22N6/c1-20(5-3-7-21-6-2-4-19-21)15-10-14(17-11-18-15)12-8-13(16)9-12/h2,4,6,10-13H,3,5,7-9,16H2,1H3. The summed E-state index contributed by atoms with van der Waals surface area (Å²) in [6.45, 7) is 1.87. The van der Waals surface area contributed by atoms with Crippen LogP contribution >= 0.6 is 0 Å². The van der Waals surface area contributed by atoms with Crippen molar-refractivity contribution in [3.63, 3.8) is 0 Å². The quantitative estimate of drug-likeness (QED) is 0.869. The Hall–Kier alpha value is -1.95. The zero-order valence-corrected chi connectivity index (χ0v) is 12.4. The van der Waals surface area contributed by atoms with Crippen LogP contribution in [-0.2, 0) is 6.54 Å². The molecule has 1 saturated carbocycles. The molecular weight excluding hydrogens is 264 g/mol. The monoisotopic (exact) mass is 286 g/mol. The first-order chi connectivity index (χ1) is 10.2. The van der Waals surface area contributed by atoms with Gasteiger partial charge in [0.15, 0.2) is 0 Å². The highest BCUT2D eigenvalue weighted by molar-refractivity contribution is 5.39. The summed E-state index contributed by atoms with van der Waals surface area (Å²) in [7, 11) is 2.07. The summed E-state index contributed by atoms with van der Waals surface area (Å²) in [6, 6.07) is 4.40. The van der Waals surface area contributed by atoms with Gasteiger partial charge < -0.3 is 10.6 Å². The summed E-state index contributed by atoms with van der Waals surface area (Å²) in [4.78, 5) is 10.9. The second-order valence-electron chi connectivity index (χ2n) is 5.77. The SMILES string of the molecule is CN(CCCn1cccn1)c1cc(C2CC(N)C2)ncn1. The molecule has 3 rings (SSSR count). The minimum absolute atomic E-state index is 0.347. The van der Waals surface area contributed by atoms with Crippen molar-refractivity contribution in [3.8, 4) is 0 Å². The van der Waals surface area contributed by atoms with E-state index >= 15 is 0 Å². The van der Waals surface area contributed by atoms with E-state index < -0.39 is 0 Å². The molecule has 0 saturated heterocycles. The maximum absolute atomic E-state index is 5.85. The maximum Gasteiger partial charge on any atom is 0.131 e. The molecule has 1 fully saturated rings. The van der Waals surface area contributed by atoms with Crippen LogP contribution in [0, 0.1) is 0 Å². The summed E-state index contributed by atoms with van der Waals surface area (Å²) in [5.74, 6) is 1.50. The van der Waals surface area contributed by atoms with Crippen LogP contribution in [0.15, 0.2) is 30.9 Å². The predicted octanol–water partition coefficient (Wildman–Crippen LogP) is 1.40. The summed E-state index contributed by atoms with van der Waals surface area (Å²) in [6.07, 6.45) is 8.58. The highest BCUT2D eigenvalue weighted by atomic mass is 15.3. The zero-order chi connectivity index (χ0) is 14.7. The second-order valence-corrected chi connectivity index (χ2v) is 5.77. The van der Waals surface area contributed by atoms with E-state index in [1.165, 1.54) is 0 Å². The lowest BCUT2D eigenvalue weighted by Gasteiger charge is -2.32. The third-order valence-corrected chi connectivity index (χ3v) is 4.10. The van der Waals surface area contributed by atoms with Crippen LogP contribution in [0.4, 0.5) is 5.82 Å². The number of nitrogens with zero attached hydrogens (tertiary/aromatic N) is 5. The average Bonchev–Trinajstić information content (AvgIpc) is 2.97. The highest BCUT2D eigenvalue weighted by Crippen LogP contribution is 2.35. The van der Waals surface area contributed by atoms with Crippen LogP contribution in [-0.4, -0.2) is 39.4 Å². The number of nitrogens with two attached hydrogens (primary N) is 1. The molecule has 0 unspecified atom stereocenters. The van der Waals surface area contributed by atoms with Gasteiger partial charge in [-0.05, 0) is 25.3 Å². The Morgan fingerprint density at radius 2 is 2.24 bits per heavy atom. The van der Waals surface area contributed by atoms with Crippen molar-refractivity contribution in [2.75, 3.05) is 18.5 Å². The molecule has 0 spiro atoms. The fourth-order valence-electron chi connectivity index (χ4n) is 2.71.